The molecule has 0 bridgehead atoms. The topological polar surface area (TPSA) is 124 Å². The van der Waals surface area contributed by atoms with Gasteiger partial charge in [0.25, 0.3) is 10.1 Å². The zero-order valence-corrected chi connectivity index (χ0v) is 32.9. The molecule has 0 aromatic heterocycles. The zero-order valence-electron chi connectivity index (χ0n) is 31.2. The number of nitrogens with one attached hydrogen (secondary N) is 1. The van der Waals surface area contributed by atoms with Gasteiger partial charge >= 0.3 is 12.2 Å². The molecule has 1 fully saturated rings. The van der Waals surface area contributed by atoms with E-state index in [1.54, 1.807) is 35.7 Å². The van der Waals surface area contributed by atoms with Gasteiger partial charge in [-0.05, 0) is 37.3 Å². The highest BCUT2D eigenvalue weighted by atomic mass is 32.2. The quantitative estimate of drug-likeness (QED) is 0.0727. The lowest BCUT2D eigenvalue weighted by Crippen LogP contribution is -2.38. The summed E-state index contributed by atoms with van der Waals surface area (Å²) >= 11 is 1.24. The van der Waals surface area contributed by atoms with E-state index in [0.29, 0.717) is 32.7 Å². The number of aryl methyl sites for hydroxylation is 1. The molecule has 1 N–H and O–H groups in total. The molecular formula is C38H63N3O8S2. The van der Waals surface area contributed by atoms with Crippen molar-refractivity contribution < 1.29 is 36.4 Å². The average Bonchev–Trinajstić information content (AvgIpc) is 3.77. The first-order valence-electron chi connectivity index (χ1n) is 19.2. The maximum atomic E-state index is 12.7. The second-order valence-electron chi connectivity index (χ2n) is 13.9. The van der Waals surface area contributed by atoms with Crippen LogP contribution in [0, 0.1) is 12.8 Å². The third kappa shape index (κ3) is 17.7. The average molecular weight is 754 g/mol. The number of carbonyl (C=O) groups excluding carboxylic acids is 2. The molecule has 1 aromatic rings. The lowest BCUT2D eigenvalue weighted by atomic mass is 10.0. The first-order valence-corrected chi connectivity index (χ1v) is 21.5. The van der Waals surface area contributed by atoms with Crippen LogP contribution in [0.3, 0.4) is 0 Å². The van der Waals surface area contributed by atoms with E-state index in [9.17, 15) is 18.0 Å². The van der Waals surface area contributed by atoms with Gasteiger partial charge < -0.3 is 29.3 Å². The third-order valence-electron chi connectivity index (χ3n) is 9.30. The van der Waals surface area contributed by atoms with Crippen molar-refractivity contribution >= 4 is 34.1 Å². The minimum Gasteiger partial charge on any atom is -0.449 e. The number of benzene rings is 1. The van der Waals surface area contributed by atoms with Gasteiger partial charge in [-0.25, -0.2) is 13.8 Å². The van der Waals surface area contributed by atoms with Gasteiger partial charge in [-0.3, -0.25) is 0 Å². The molecule has 2 aliphatic rings. The Bertz CT molecular complexity index is 1260. The summed E-state index contributed by atoms with van der Waals surface area (Å²) in [7, 11) is -2.32. The van der Waals surface area contributed by atoms with Crippen molar-refractivity contribution in [3.8, 4) is 0 Å². The normalized spacial score (nSPS) is 18.6. The predicted octanol–water partition coefficient (Wildman–Crippen LogP) is 8.58. The summed E-state index contributed by atoms with van der Waals surface area (Å²) in [5.41, 5.74) is 0.193. The summed E-state index contributed by atoms with van der Waals surface area (Å²) in [5, 5.41) is 4.61. The van der Waals surface area contributed by atoms with Gasteiger partial charge in [-0.2, -0.15) is 8.42 Å². The number of hydrogen-bond acceptors (Lipinski definition) is 10. The van der Waals surface area contributed by atoms with Crippen LogP contribution in [0.4, 0.5) is 9.59 Å². The van der Waals surface area contributed by atoms with Crippen LogP contribution in [0.15, 0.2) is 40.8 Å². The van der Waals surface area contributed by atoms with E-state index in [1.807, 2.05) is 6.92 Å². The number of nitrogens with zero attached hydrogens (tertiary/aromatic N) is 2. The van der Waals surface area contributed by atoms with Crippen LogP contribution in [0.1, 0.15) is 115 Å². The van der Waals surface area contributed by atoms with E-state index in [4.69, 9.17) is 18.4 Å². The van der Waals surface area contributed by atoms with Crippen molar-refractivity contribution in [3.63, 3.8) is 0 Å². The summed E-state index contributed by atoms with van der Waals surface area (Å²) in [6.07, 6.45) is 20.9. The van der Waals surface area contributed by atoms with Crippen LogP contribution in [-0.2, 0) is 28.5 Å². The molecule has 2 aliphatic heterocycles. The van der Waals surface area contributed by atoms with Crippen molar-refractivity contribution in [1.29, 1.82) is 0 Å². The second-order valence-corrected chi connectivity index (χ2v) is 16.4. The van der Waals surface area contributed by atoms with Gasteiger partial charge in [-0.15, -0.1) is 0 Å². The molecule has 2 heterocycles. The molecule has 290 valence electrons. The molecule has 1 aromatic carbocycles. The van der Waals surface area contributed by atoms with Crippen molar-refractivity contribution in [2.75, 3.05) is 46.5 Å². The molecule has 3 rings (SSSR count). The lowest BCUT2D eigenvalue weighted by molar-refractivity contribution is 0.0296. The maximum Gasteiger partial charge on any atom is 0.409 e. The van der Waals surface area contributed by atoms with E-state index in [0.717, 1.165) is 18.4 Å². The van der Waals surface area contributed by atoms with Crippen LogP contribution in [-0.4, -0.2) is 88.6 Å². The smallest absolute Gasteiger partial charge is 0.409 e. The van der Waals surface area contributed by atoms with Crippen LogP contribution >= 0.6 is 11.8 Å². The number of carbonyl (C=O) groups is 2. The Labute approximate surface area is 311 Å². The second kappa shape index (κ2) is 24.7. The molecule has 11 nitrogen and oxygen atoms in total. The number of likely N-dealkylation sites (N-methyl/N-ethyl adjacent to an activating group) is 1. The molecule has 1 saturated heterocycles. The number of unbranched alkanes of at least 4 members (excludes halogenated alkanes) is 14. The third-order valence-corrected chi connectivity index (χ3v) is 11.6. The van der Waals surface area contributed by atoms with Crippen molar-refractivity contribution in [2.45, 2.75) is 133 Å². The number of rotatable bonds is 26. The van der Waals surface area contributed by atoms with E-state index < -0.39 is 27.9 Å². The minimum absolute atomic E-state index is 0.0514. The molecule has 51 heavy (non-hydrogen) atoms. The number of alkyl carbamates (subject to hydrolysis) is 1. The Balaban J connectivity index is 1.15. The fraction of sp³-hybridized carbons (Fsp3) is 0.737. The van der Waals surface area contributed by atoms with Gasteiger partial charge in [0, 0.05) is 38.8 Å². The summed E-state index contributed by atoms with van der Waals surface area (Å²) in [6.45, 7) is 6.23. The number of ether oxygens (including phenoxy) is 3. The first-order chi connectivity index (χ1) is 24.7. The van der Waals surface area contributed by atoms with Crippen molar-refractivity contribution in [3.05, 3.63) is 41.4 Å². The van der Waals surface area contributed by atoms with Gasteiger partial charge in [0.2, 0.25) is 5.56 Å². The first kappa shape index (κ1) is 42.9. The van der Waals surface area contributed by atoms with Gasteiger partial charge in [-0.1, -0.05) is 126 Å². The Morgan fingerprint density at radius 1 is 0.902 bits per heavy atom. The highest BCUT2D eigenvalue weighted by molar-refractivity contribution is 8.03. The maximum absolute atomic E-state index is 12.7. The highest BCUT2D eigenvalue weighted by Gasteiger charge is 2.30. The molecule has 0 radical (unpaired) electrons. The Kier molecular flexibility index (Phi) is 20.8. The lowest BCUT2D eigenvalue weighted by Gasteiger charge is -2.26. The largest absolute Gasteiger partial charge is 0.449 e. The van der Waals surface area contributed by atoms with Gasteiger partial charge in [0.05, 0.1) is 24.2 Å². The van der Waals surface area contributed by atoms with E-state index in [1.165, 1.54) is 112 Å². The van der Waals surface area contributed by atoms with E-state index in [2.05, 4.69) is 12.2 Å². The van der Waals surface area contributed by atoms with Crippen LogP contribution in [0.2, 0.25) is 0 Å². The minimum atomic E-state index is -3.95. The fourth-order valence-electron chi connectivity index (χ4n) is 6.03. The van der Waals surface area contributed by atoms with Gasteiger partial charge in [0.15, 0.2) is 0 Å². The number of thioether (sulfide) groups is 1. The molecule has 0 saturated carbocycles. The molecule has 3 atom stereocenters. The van der Waals surface area contributed by atoms with Crippen LogP contribution < -0.4 is 5.32 Å². The molecule has 13 heteroatoms. The Morgan fingerprint density at radius 3 is 2.14 bits per heavy atom. The molecular weight excluding hydrogens is 691 g/mol. The van der Waals surface area contributed by atoms with Gasteiger partial charge in [0.1, 0.15) is 6.61 Å². The summed E-state index contributed by atoms with van der Waals surface area (Å²) in [6, 6.07) is 6.49. The summed E-state index contributed by atoms with van der Waals surface area (Å²) in [4.78, 5) is 28.0. The van der Waals surface area contributed by atoms with Crippen LogP contribution in [0.5, 0.6) is 0 Å². The molecule has 0 aliphatic carbocycles. The van der Waals surface area contributed by atoms with E-state index in [-0.39, 0.29) is 30.1 Å². The predicted molar refractivity (Wildman–Crippen MR) is 203 cm³/mol. The Hall–Kier alpha value is -2.48. The monoisotopic (exact) mass is 753 g/mol. The molecule has 0 spiro atoms. The van der Waals surface area contributed by atoms with Crippen molar-refractivity contribution in [1.82, 2.24) is 15.1 Å². The highest BCUT2D eigenvalue weighted by Crippen LogP contribution is 2.29. The van der Waals surface area contributed by atoms with Crippen molar-refractivity contribution in [2.24, 2.45) is 5.92 Å². The number of amides is 2. The summed E-state index contributed by atoms with van der Waals surface area (Å²) in [5.74, 6) is 0.0514. The number of hydrogen-bond donors (Lipinski definition) is 1. The molecule has 3 unspecified atom stereocenters. The SMILES string of the molecule is CCCCCCCCCCCCCCCCCNC(=O)OCC1COC(COC(=O)N(C)CCN2C=CSC2OS(=O)(=O)c2ccc(C)cc2)C1. The van der Waals surface area contributed by atoms with E-state index >= 15 is 0 Å². The summed E-state index contributed by atoms with van der Waals surface area (Å²) < 4.78 is 47.6. The van der Waals surface area contributed by atoms with Crippen LogP contribution in [0.25, 0.3) is 0 Å². The fourth-order valence-corrected chi connectivity index (χ4v) is 8.12. The zero-order chi connectivity index (χ0) is 36.7. The Morgan fingerprint density at radius 2 is 1.51 bits per heavy atom. The molecule has 2 amide bonds. The standard InChI is InChI=1S/C38H63N3O8S2/c1-4-5-6-7-8-9-10-11-12-13-14-15-16-17-18-23-39-36(42)47-30-33-28-34(46-29-33)31-48-37(43)40(3)24-25-41-26-27-50-38(41)49-51(44,45)35-21-19-32(2)20-22-35/h19-22,26-27,33-34,38H,4-18,23-25,28-31H2,1-3H3,(H,39,42).